The number of alkyl carbamates (subject to hydrolysis) is 1. The Morgan fingerprint density at radius 2 is 2.22 bits per heavy atom. The van der Waals surface area contributed by atoms with Crippen LogP contribution in [0.25, 0.3) is 0 Å². The van der Waals surface area contributed by atoms with Gasteiger partial charge in [-0.2, -0.15) is 0 Å². The van der Waals surface area contributed by atoms with Gasteiger partial charge in [0.1, 0.15) is 6.61 Å². The largest absolute Gasteiger partial charge is 0.445 e. The predicted octanol–water partition coefficient (Wildman–Crippen LogP) is 1.91. The van der Waals surface area contributed by atoms with Crippen LogP contribution in [0.2, 0.25) is 0 Å². The molecule has 0 bridgehead atoms. The van der Waals surface area contributed by atoms with Gasteiger partial charge in [0.25, 0.3) is 0 Å². The minimum atomic E-state index is -0.334. The summed E-state index contributed by atoms with van der Waals surface area (Å²) in [5.74, 6) is 0.496. The summed E-state index contributed by atoms with van der Waals surface area (Å²) in [7, 11) is 0. The van der Waals surface area contributed by atoms with Crippen molar-refractivity contribution in [2.75, 3.05) is 13.1 Å². The van der Waals surface area contributed by atoms with Crippen LogP contribution in [0.1, 0.15) is 18.9 Å². The van der Waals surface area contributed by atoms with Crippen LogP contribution in [0.4, 0.5) is 4.79 Å². The molecule has 1 fully saturated rings. The molecule has 0 radical (unpaired) electrons. The minimum Gasteiger partial charge on any atom is -0.445 e. The Balaban J connectivity index is 1.75. The highest BCUT2D eigenvalue weighted by atomic mass is 16.5. The number of carbonyl (C=O) groups is 1. The third kappa shape index (κ3) is 3.74. The fourth-order valence-corrected chi connectivity index (χ4v) is 2.10. The summed E-state index contributed by atoms with van der Waals surface area (Å²) in [6.45, 7) is 4.32. The highest BCUT2D eigenvalue weighted by molar-refractivity contribution is 5.67. The summed E-state index contributed by atoms with van der Waals surface area (Å²) in [6, 6.07) is 9.87. The highest BCUT2D eigenvalue weighted by Gasteiger charge is 2.22. The lowest BCUT2D eigenvalue weighted by molar-refractivity contribution is 0.129. The third-order valence-corrected chi connectivity index (χ3v) is 3.34. The molecule has 1 saturated heterocycles. The fraction of sp³-hybridized carbons (Fsp3) is 0.500. The second kappa shape index (κ2) is 6.40. The van der Waals surface area contributed by atoms with Crippen molar-refractivity contribution >= 4 is 6.09 Å². The molecule has 1 heterocycles. The molecular formula is C14H20N2O2. The Kier molecular flexibility index (Phi) is 4.59. The van der Waals surface area contributed by atoms with Crippen LogP contribution in [-0.4, -0.2) is 25.2 Å². The van der Waals surface area contributed by atoms with Crippen molar-refractivity contribution in [1.29, 1.82) is 0 Å². The molecule has 0 saturated carbocycles. The Morgan fingerprint density at radius 3 is 2.94 bits per heavy atom. The molecular weight excluding hydrogens is 228 g/mol. The SMILES string of the molecule is C[C@@H]1CCNC[C@@H]1NC(=O)OCc1ccccc1. The van der Waals surface area contributed by atoms with E-state index in [4.69, 9.17) is 4.74 Å². The fourth-order valence-electron chi connectivity index (χ4n) is 2.10. The molecule has 1 amide bonds. The second-order valence-electron chi connectivity index (χ2n) is 4.78. The van der Waals surface area contributed by atoms with Crippen molar-refractivity contribution in [3.05, 3.63) is 35.9 Å². The van der Waals surface area contributed by atoms with Gasteiger partial charge in [-0.05, 0) is 24.4 Å². The van der Waals surface area contributed by atoms with Crippen molar-refractivity contribution in [2.24, 2.45) is 5.92 Å². The molecule has 2 atom stereocenters. The number of amides is 1. The van der Waals surface area contributed by atoms with Crippen LogP contribution in [0.5, 0.6) is 0 Å². The van der Waals surface area contributed by atoms with Gasteiger partial charge in [0, 0.05) is 12.6 Å². The number of hydrogen-bond donors (Lipinski definition) is 2. The Labute approximate surface area is 108 Å². The molecule has 1 aromatic carbocycles. The topological polar surface area (TPSA) is 50.4 Å². The summed E-state index contributed by atoms with van der Waals surface area (Å²) < 4.78 is 5.20. The average molecular weight is 248 g/mol. The summed E-state index contributed by atoms with van der Waals surface area (Å²) in [6.07, 6.45) is 0.753. The lowest BCUT2D eigenvalue weighted by atomic mass is 9.95. The lowest BCUT2D eigenvalue weighted by Crippen LogP contribution is -2.50. The average Bonchev–Trinajstić information content (AvgIpc) is 2.40. The maximum atomic E-state index is 11.7. The summed E-state index contributed by atoms with van der Waals surface area (Å²) in [4.78, 5) is 11.7. The normalized spacial score (nSPS) is 23.4. The van der Waals surface area contributed by atoms with E-state index < -0.39 is 0 Å². The van der Waals surface area contributed by atoms with Crippen LogP contribution in [0, 0.1) is 5.92 Å². The standard InChI is InChI=1S/C14H20N2O2/c1-11-7-8-15-9-13(11)16-14(17)18-10-12-5-3-2-4-6-12/h2-6,11,13,15H,7-10H2,1H3,(H,16,17)/t11-,13+/m1/s1. The van der Waals surface area contributed by atoms with E-state index in [2.05, 4.69) is 17.6 Å². The molecule has 2 N–H and O–H groups in total. The smallest absolute Gasteiger partial charge is 0.407 e. The zero-order valence-electron chi connectivity index (χ0n) is 10.7. The molecule has 1 aliphatic heterocycles. The van der Waals surface area contributed by atoms with Gasteiger partial charge in [-0.25, -0.2) is 4.79 Å². The summed E-state index contributed by atoms with van der Waals surface area (Å²) in [5.41, 5.74) is 1.00. The first-order chi connectivity index (χ1) is 8.75. The number of benzene rings is 1. The van der Waals surface area contributed by atoms with Gasteiger partial charge in [-0.3, -0.25) is 0 Å². The van der Waals surface area contributed by atoms with Crippen LogP contribution in [0.3, 0.4) is 0 Å². The molecule has 0 spiro atoms. The maximum Gasteiger partial charge on any atom is 0.407 e. The molecule has 0 aliphatic carbocycles. The monoisotopic (exact) mass is 248 g/mol. The van der Waals surface area contributed by atoms with E-state index in [9.17, 15) is 4.79 Å². The van der Waals surface area contributed by atoms with Crippen molar-refractivity contribution in [3.8, 4) is 0 Å². The number of carbonyl (C=O) groups excluding carboxylic acids is 1. The van der Waals surface area contributed by atoms with Crippen molar-refractivity contribution in [3.63, 3.8) is 0 Å². The van der Waals surface area contributed by atoms with Gasteiger partial charge in [0.2, 0.25) is 0 Å². The molecule has 0 aromatic heterocycles. The van der Waals surface area contributed by atoms with Gasteiger partial charge < -0.3 is 15.4 Å². The lowest BCUT2D eigenvalue weighted by Gasteiger charge is -2.29. The van der Waals surface area contributed by atoms with E-state index in [-0.39, 0.29) is 12.1 Å². The molecule has 4 heteroatoms. The van der Waals surface area contributed by atoms with Crippen LogP contribution >= 0.6 is 0 Å². The summed E-state index contributed by atoms with van der Waals surface area (Å²) >= 11 is 0. The van der Waals surface area contributed by atoms with E-state index >= 15 is 0 Å². The van der Waals surface area contributed by atoms with Gasteiger partial charge in [-0.1, -0.05) is 37.3 Å². The van der Waals surface area contributed by atoms with Crippen molar-refractivity contribution in [1.82, 2.24) is 10.6 Å². The molecule has 1 aliphatic rings. The van der Waals surface area contributed by atoms with E-state index in [0.29, 0.717) is 12.5 Å². The zero-order chi connectivity index (χ0) is 12.8. The molecule has 18 heavy (non-hydrogen) atoms. The number of rotatable bonds is 3. The van der Waals surface area contributed by atoms with E-state index in [1.807, 2.05) is 30.3 Å². The molecule has 4 nitrogen and oxygen atoms in total. The number of ether oxygens (including phenoxy) is 1. The van der Waals surface area contributed by atoms with Crippen molar-refractivity contribution in [2.45, 2.75) is 26.0 Å². The second-order valence-corrected chi connectivity index (χ2v) is 4.78. The summed E-state index contributed by atoms with van der Waals surface area (Å²) in [5, 5.41) is 6.19. The van der Waals surface area contributed by atoms with Crippen LogP contribution in [0.15, 0.2) is 30.3 Å². The number of nitrogens with one attached hydrogen (secondary N) is 2. The molecule has 98 valence electrons. The van der Waals surface area contributed by atoms with Gasteiger partial charge in [-0.15, -0.1) is 0 Å². The van der Waals surface area contributed by atoms with Crippen molar-refractivity contribution < 1.29 is 9.53 Å². The minimum absolute atomic E-state index is 0.169. The quantitative estimate of drug-likeness (QED) is 0.859. The first-order valence-electron chi connectivity index (χ1n) is 6.43. The van der Waals surface area contributed by atoms with E-state index in [1.165, 1.54) is 0 Å². The third-order valence-electron chi connectivity index (χ3n) is 3.34. The van der Waals surface area contributed by atoms with Gasteiger partial charge in [0.05, 0.1) is 0 Å². The number of hydrogen-bond acceptors (Lipinski definition) is 3. The first kappa shape index (κ1) is 12.9. The van der Waals surface area contributed by atoms with Gasteiger partial charge in [0.15, 0.2) is 0 Å². The highest BCUT2D eigenvalue weighted by Crippen LogP contribution is 2.11. The Morgan fingerprint density at radius 1 is 1.44 bits per heavy atom. The Bertz CT molecular complexity index is 381. The van der Waals surface area contributed by atoms with Crippen LogP contribution in [-0.2, 0) is 11.3 Å². The van der Waals surface area contributed by atoms with E-state index in [0.717, 1.165) is 25.1 Å². The first-order valence-corrected chi connectivity index (χ1v) is 6.43. The molecule has 0 unspecified atom stereocenters. The zero-order valence-corrected chi connectivity index (χ0v) is 10.7. The van der Waals surface area contributed by atoms with Gasteiger partial charge >= 0.3 is 6.09 Å². The Hall–Kier alpha value is -1.55. The molecule has 2 rings (SSSR count). The van der Waals surface area contributed by atoms with E-state index in [1.54, 1.807) is 0 Å². The predicted molar refractivity (Wildman–Crippen MR) is 70.2 cm³/mol. The molecule has 1 aromatic rings. The van der Waals surface area contributed by atoms with Crippen LogP contribution < -0.4 is 10.6 Å². The number of piperidine rings is 1. The maximum absolute atomic E-state index is 11.7.